The minimum Gasteiger partial charge on any atom is -0.452 e. The number of esters is 1. The summed E-state index contributed by atoms with van der Waals surface area (Å²) in [6.07, 6.45) is 0. The predicted molar refractivity (Wildman–Crippen MR) is 99.4 cm³/mol. The highest BCUT2D eigenvalue weighted by Gasteiger charge is 2.37. The average Bonchev–Trinajstić information content (AvgIpc) is 3.28. The van der Waals surface area contributed by atoms with Gasteiger partial charge in [0.05, 0.1) is 22.4 Å². The number of carbonyl (C=O) groups is 5. The molecule has 5 amide bonds. The standard InChI is InChI=1S/C20H14FN3O6/c21-12-2-4-13(5-3-12)24-17(26)14-6-1-11(9-15(14)18(24)27)19(28)30-10-16(25)23-8-7-22-20(23)29/h1-6,9H,7-8,10H2,(H,22,29). The number of hydrogen-bond acceptors (Lipinski definition) is 6. The van der Waals surface area contributed by atoms with Crippen molar-refractivity contribution in [2.75, 3.05) is 24.6 Å². The van der Waals surface area contributed by atoms with Crippen molar-refractivity contribution in [2.24, 2.45) is 0 Å². The van der Waals surface area contributed by atoms with Crippen molar-refractivity contribution < 1.29 is 33.1 Å². The van der Waals surface area contributed by atoms with E-state index in [1.165, 1.54) is 30.3 Å². The molecule has 1 fully saturated rings. The van der Waals surface area contributed by atoms with Crippen LogP contribution in [0.2, 0.25) is 0 Å². The number of rotatable bonds is 4. The van der Waals surface area contributed by atoms with E-state index in [9.17, 15) is 28.4 Å². The van der Waals surface area contributed by atoms with Gasteiger partial charge < -0.3 is 10.1 Å². The highest BCUT2D eigenvalue weighted by atomic mass is 19.1. The van der Waals surface area contributed by atoms with Crippen molar-refractivity contribution >= 4 is 35.4 Å². The Morgan fingerprint density at radius 3 is 2.37 bits per heavy atom. The number of anilines is 1. The van der Waals surface area contributed by atoms with Gasteiger partial charge in [-0.25, -0.2) is 18.9 Å². The highest BCUT2D eigenvalue weighted by Crippen LogP contribution is 2.29. The van der Waals surface area contributed by atoms with Crippen LogP contribution in [0.1, 0.15) is 31.1 Å². The number of halogens is 1. The number of ether oxygens (including phenoxy) is 1. The number of benzene rings is 2. The maximum absolute atomic E-state index is 13.1. The lowest BCUT2D eigenvalue weighted by atomic mass is 10.1. The number of carbonyl (C=O) groups excluding carboxylic acids is 5. The van der Waals surface area contributed by atoms with Gasteiger partial charge in [0.1, 0.15) is 5.82 Å². The van der Waals surface area contributed by atoms with Crippen molar-refractivity contribution in [2.45, 2.75) is 0 Å². The minimum absolute atomic E-state index is 0.0102. The first-order chi connectivity index (χ1) is 14.4. The van der Waals surface area contributed by atoms with Gasteiger partial charge in [-0.2, -0.15) is 0 Å². The molecule has 2 aliphatic rings. The molecule has 0 aromatic heterocycles. The van der Waals surface area contributed by atoms with Gasteiger partial charge in [0, 0.05) is 13.1 Å². The average molecular weight is 411 g/mol. The third kappa shape index (κ3) is 3.28. The van der Waals surface area contributed by atoms with Crippen LogP contribution < -0.4 is 10.2 Å². The van der Waals surface area contributed by atoms with Crippen molar-refractivity contribution in [1.82, 2.24) is 10.2 Å². The first-order valence-electron chi connectivity index (χ1n) is 8.90. The van der Waals surface area contributed by atoms with Crippen LogP contribution in [0, 0.1) is 5.82 Å². The fraction of sp³-hybridized carbons (Fsp3) is 0.150. The summed E-state index contributed by atoms with van der Waals surface area (Å²) in [6.45, 7) is -0.133. The second kappa shape index (κ2) is 7.39. The Kier molecular flexibility index (Phi) is 4.74. The number of amides is 5. The van der Waals surface area contributed by atoms with Crippen LogP contribution >= 0.6 is 0 Å². The van der Waals surface area contributed by atoms with Crippen molar-refractivity contribution in [3.05, 3.63) is 65.0 Å². The molecule has 2 aromatic carbocycles. The molecular formula is C20H14FN3O6. The van der Waals surface area contributed by atoms with Crippen molar-refractivity contribution in [3.8, 4) is 0 Å². The number of urea groups is 1. The normalized spacial score (nSPS) is 15.3. The fourth-order valence-electron chi connectivity index (χ4n) is 3.19. The first-order valence-corrected chi connectivity index (χ1v) is 8.90. The smallest absolute Gasteiger partial charge is 0.338 e. The first kappa shape index (κ1) is 19.2. The maximum Gasteiger partial charge on any atom is 0.338 e. The summed E-state index contributed by atoms with van der Waals surface area (Å²) in [5.41, 5.74) is 0.241. The molecule has 1 saturated heterocycles. The zero-order chi connectivity index (χ0) is 21.4. The molecule has 4 rings (SSSR count). The Labute approximate surface area is 169 Å². The van der Waals surface area contributed by atoms with E-state index in [0.717, 1.165) is 21.9 Å². The van der Waals surface area contributed by atoms with Crippen LogP contribution in [0.15, 0.2) is 42.5 Å². The third-order valence-corrected chi connectivity index (χ3v) is 4.69. The molecule has 0 aliphatic carbocycles. The van der Waals surface area contributed by atoms with E-state index in [0.29, 0.717) is 6.54 Å². The Morgan fingerprint density at radius 1 is 1.00 bits per heavy atom. The van der Waals surface area contributed by atoms with E-state index in [1.54, 1.807) is 0 Å². The lowest BCUT2D eigenvalue weighted by molar-refractivity contribution is -0.130. The molecule has 0 radical (unpaired) electrons. The van der Waals surface area contributed by atoms with Crippen molar-refractivity contribution in [3.63, 3.8) is 0 Å². The van der Waals surface area contributed by atoms with E-state index in [1.807, 2.05) is 0 Å². The second-order valence-electron chi connectivity index (χ2n) is 6.54. The lowest BCUT2D eigenvalue weighted by Crippen LogP contribution is -2.37. The Hall–Kier alpha value is -4.08. The molecule has 2 heterocycles. The van der Waals surface area contributed by atoms with Gasteiger partial charge in [0.25, 0.3) is 17.7 Å². The van der Waals surface area contributed by atoms with Gasteiger partial charge in [-0.05, 0) is 42.5 Å². The molecule has 0 unspecified atom stereocenters. The number of nitrogens with one attached hydrogen (secondary N) is 1. The summed E-state index contributed by atoms with van der Waals surface area (Å²) in [6, 6.07) is 8.10. The summed E-state index contributed by atoms with van der Waals surface area (Å²) in [5.74, 6) is -3.33. The molecule has 30 heavy (non-hydrogen) atoms. The summed E-state index contributed by atoms with van der Waals surface area (Å²) >= 11 is 0. The summed E-state index contributed by atoms with van der Waals surface area (Å²) in [4.78, 5) is 62.8. The van der Waals surface area contributed by atoms with E-state index in [-0.39, 0.29) is 28.9 Å². The zero-order valence-corrected chi connectivity index (χ0v) is 15.4. The van der Waals surface area contributed by atoms with Crippen molar-refractivity contribution in [1.29, 1.82) is 0 Å². The molecule has 152 valence electrons. The van der Waals surface area contributed by atoms with Gasteiger partial charge >= 0.3 is 12.0 Å². The van der Waals surface area contributed by atoms with E-state index < -0.39 is 42.1 Å². The monoisotopic (exact) mass is 411 g/mol. The Balaban J connectivity index is 1.49. The number of imide groups is 2. The molecule has 0 saturated carbocycles. The van der Waals surface area contributed by atoms with Crippen LogP contribution in [-0.2, 0) is 9.53 Å². The van der Waals surface area contributed by atoms with Gasteiger partial charge in [0.2, 0.25) is 0 Å². The van der Waals surface area contributed by atoms with Gasteiger partial charge in [-0.1, -0.05) is 0 Å². The fourth-order valence-corrected chi connectivity index (χ4v) is 3.19. The topological polar surface area (TPSA) is 113 Å². The van der Waals surface area contributed by atoms with Crippen LogP contribution in [0.3, 0.4) is 0 Å². The molecule has 2 aromatic rings. The quantitative estimate of drug-likeness (QED) is 0.600. The molecule has 0 spiro atoms. The lowest BCUT2D eigenvalue weighted by Gasteiger charge is -2.13. The Bertz CT molecular complexity index is 1100. The van der Waals surface area contributed by atoms with Gasteiger partial charge in [0.15, 0.2) is 6.61 Å². The second-order valence-corrected chi connectivity index (χ2v) is 6.54. The number of hydrogen-bond donors (Lipinski definition) is 1. The van der Waals surface area contributed by atoms with Gasteiger partial charge in [-0.15, -0.1) is 0 Å². The molecule has 2 aliphatic heterocycles. The summed E-state index contributed by atoms with van der Waals surface area (Å²) < 4.78 is 18.1. The van der Waals surface area contributed by atoms with Gasteiger partial charge in [-0.3, -0.25) is 19.3 Å². The predicted octanol–water partition coefficient (Wildman–Crippen LogP) is 1.33. The molecular weight excluding hydrogens is 397 g/mol. The van der Waals surface area contributed by atoms with Crippen LogP contribution in [0.4, 0.5) is 14.9 Å². The molecule has 0 atom stereocenters. The van der Waals surface area contributed by atoms with E-state index in [4.69, 9.17) is 4.74 Å². The number of nitrogens with zero attached hydrogens (tertiary/aromatic N) is 2. The highest BCUT2D eigenvalue weighted by molar-refractivity contribution is 6.34. The molecule has 0 bridgehead atoms. The van der Waals surface area contributed by atoms with Crippen LogP contribution in [0.25, 0.3) is 0 Å². The molecule has 10 heteroatoms. The molecule has 1 N–H and O–H groups in total. The minimum atomic E-state index is -0.883. The Morgan fingerprint density at radius 2 is 1.70 bits per heavy atom. The van der Waals surface area contributed by atoms with Crippen LogP contribution in [0.5, 0.6) is 0 Å². The largest absolute Gasteiger partial charge is 0.452 e. The number of fused-ring (bicyclic) bond motifs is 1. The summed E-state index contributed by atoms with van der Waals surface area (Å²) in [7, 11) is 0. The van der Waals surface area contributed by atoms with E-state index in [2.05, 4.69) is 5.32 Å². The maximum atomic E-state index is 13.1. The third-order valence-electron chi connectivity index (χ3n) is 4.69. The SMILES string of the molecule is O=C(OCC(=O)N1CCNC1=O)c1ccc2c(c1)C(=O)N(c1ccc(F)cc1)C2=O. The summed E-state index contributed by atoms with van der Waals surface area (Å²) in [5, 5.41) is 2.46. The zero-order valence-electron chi connectivity index (χ0n) is 15.4. The van der Waals surface area contributed by atoms with E-state index >= 15 is 0 Å². The van der Waals surface area contributed by atoms with Crippen LogP contribution in [-0.4, -0.2) is 54.3 Å². The molecule has 9 nitrogen and oxygen atoms in total.